The number of carbonyl (C=O) groups is 1. The van der Waals surface area contributed by atoms with Crippen LogP contribution in [0.5, 0.6) is 0 Å². The number of amides is 1. The summed E-state index contributed by atoms with van der Waals surface area (Å²) in [6.07, 6.45) is -2.07. The van der Waals surface area contributed by atoms with E-state index in [4.69, 9.17) is 4.74 Å². The number of methoxy groups -OCH3 is 1. The van der Waals surface area contributed by atoms with Crippen LogP contribution in [-0.4, -0.2) is 59.0 Å². The molecule has 0 heterocycles. The maximum atomic E-state index is 12.6. The molecule has 0 aromatic heterocycles. The summed E-state index contributed by atoms with van der Waals surface area (Å²) in [5.74, 6) is -0.548. The van der Waals surface area contributed by atoms with Crippen LogP contribution in [0.2, 0.25) is 0 Å². The molecule has 136 valence electrons. The third kappa shape index (κ3) is 6.14. The lowest BCUT2D eigenvalue weighted by Gasteiger charge is -2.21. The van der Waals surface area contributed by atoms with E-state index in [1.165, 1.54) is 31.4 Å². The number of hydrogen-bond acceptors (Lipinski definition) is 4. The second kappa shape index (κ2) is 9.65. The Hall–Kier alpha value is -1.58. The lowest BCUT2D eigenvalue weighted by Crippen LogP contribution is -2.35. The largest absolute Gasteiger partial charge is 0.383 e. The van der Waals surface area contributed by atoms with Crippen LogP contribution in [0.1, 0.15) is 23.7 Å². The summed E-state index contributed by atoms with van der Waals surface area (Å²) in [5.41, 5.74) is 0.167. The predicted molar refractivity (Wildman–Crippen MR) is 85.7 cm³/mol. The van der Waals surface area contributed by atoms with Crippen molar-refractivity contribution >= 4 is 15.9 Å². The Kier molecular flexibility index (Phi) is 8.23. The first kappa shape index (κ1) is 20.5. The summed E-state index contributed by atoms with van der Waals surface area (Å²) in [4.78, 5) is 13.3. The Labute approximate surface area is 140 Å². The number of nitrogens with zero attached hydrogens (tertiary/aromatic N) is 1. The molecule has 0 saturated carbocycles. The van der Waals surface area contributed by atoms with Gasteiger partial charge in [0.2, 0.25) is 10.0 Å². The van der Waals surface area contributed by atoms with Crippen molar-refractivity contribution in [2.75, 3.05) is 33.4 Å². The normalized spacial score (nSPS) is 11.7. The van der Waals surface area contributed by atoms with Gasteiger partial charge in [-0.05, 0) is 30.7 Å². The van der Waals surface area contributed by atoms with Crippen LogP contribution >= 0.6 is 0 Å². The molecule has 0 unspecified atom stereocenters. The first-order valence-corrected chi connectivity index (χ1v) is 8.96. The molecule has 0 aliphatic carbocycles. The molecular formula is C15H22F2N2O4S. The van der Waals surface area contributed by atoms with E-state index in [1.807, 2.05) is 0 Å². The zero-order valence-electron chi connectivity index (χ0n) is 13.7. The number of hydrogen-bond donors (Lipinski definition) is 1. The van der Waals surface area contributed by atoms with Crippen molar-refractivity contribution in [3.8, 4) is 0 Å². The maximum Gasteiger partial charge on any atom is 0.255 e. The molecule has 1 N–H and O–H groups in total. The molecule has 0 radical (unpaired) electrons. The van der Waals surface area contributed by atoms with E-state index < -0.39 is 28.9 Å². The van der Waals surface area contributed by atoms with Crippen molar-refractivity contribution in [3.05, 3.63) is 29.8 Å². The van der Waals surface area contributed by atoms with Gasteiger partial charge in [0.25, 0.3) is 12.3 Å². The number of alkyl halides is 2. The average molecular weight is 364 g/mol. The summed E-state index contributed by atoms with van der Waals surface area (Å²) >= 11 is 0. The molecule has 0 saturated heterocycles. The molecule has 1 amide bonds. The Morgan fingerprint density at radius 3 is 2.42 bits per heavy atom. The van der Waals surface area contributed by atoms with Gasteiger partial charge in [-0.3, -0.25) is 4.79 Å². The predicted octanol–water partition coefficient (Wildman–Crippen LogP) is 1.73. The van der Waals surface area contributed by atoms with Crippen LogP contribution in [0.15, 0.2) is 29.2 Å². The quantitative estimate of drug-likeness (QED) is 0.642. The molecule has 24 heavy (non-hydrogen) atoms. The standard InChI is InChI=1S/C15H22F2N2O4S/c1-3-9-19(11-14(16)17)15(20)12-4-6-13(7-5-12)24(21,22)18-8-10-23-2/h4-7,14,18H,3,8-11H2,1-2H3. The van der Waals surface area contributed by atoms with E-state index >= 15 is 0 Å². The monoisotopic (exact) mass is 364 g/mol. The van der Waals surface area contributed by atoms with Crippen LogP contribution in [0.4, 0.5) is 8.78 Å². The summed E-state index contributed by atoms with van der Waals surface area (Å²) in [7, 11) is -2.24. The summed E-state index contributed by atoms with van der Waals surface area (Å²) in [5, 5.41) is 0. The Bertz CT molecular complexity index is 621. The van der Waals surface area contributed by atoms with Crippen molar-refractivity contribution < 1.29 is 26.7 Å². The van der Waals surface area contributed by atoms with Gasteiger partial charge in [0.05, 0.1) is 18.0 Å². The molecule has 1 aromatic rings. The third-order valence-corrected chi connectivity index (χ3v) is 4.63. The molecule has 6 nitrogen and oxygen atoms in total. The summed E-state index contributed by atoms with van der Waals surface area (Å²) < 4.78 is 56.3. The molecule has 0 fully saturated rings. The van der Waals surface area contributed by atoms with E-state index in [-0.39, 0.29) is 30.2 Å². The van der Waals surface area contributed by atoms with Crippen molar-refractivity contribution in [2.45, 2.75) is 24.7 Å². The number of halogens is 2. The van der Waals surface area contributed by atoms with Crippen LogP contribution in [-0.2, 0) is 14.8 Å². The van der Waals surface area contributed by atoms with E-state index in [9.17, 15) is 22.0 Å². The minimum atomic E-state index is -3.70. The molecule has 0 atom stereocenters. The Morgan fingerprint density at radius 2 is 1.92 bits per heavy atom. The molecule has 1 rings (SSSR count). The Morgan fingerprint density at radius 1 is 1.29 bits per heavy atom. The second-order valence-electron chi connectivity index (χ2n) is 5.06. The fourth-order valence-electron chi connectivity index (χ4n) is 2.03. The lowest BCUT2D eigenvalue weighted by atomic mass is 10.2. The molecule has 9 heteroatoms. The number of nitrogens with one attached hydrogen (secondary N) is 1. The fraction of sp³-hybridized carbons (Fsp3) is 0.533. The van der Waals surface area contributed by atoms with E-state index in [0.717, 1.165) is 4.90 Å². The van der Waals surface area contributed by atoms with Gasteiger partial charge in [0, 0.05) is 25.8 Å². The smallest absolute Gasteiger partial charge is 0.255 e. The SMILES string of the molecule is CCCN(CC(F)F)C(=O)c1ccc(S(=O)(=O)NCCOC)cc1. The average Bonchev–Trinajstić information content (AvgIpc) is 2.53. The van der Waals surface area contributed by atoms with Gasteiger partial charge in [-0.25, -0.2) is 21.9 Å². The first-order chi connectivity index (χ1) is 11.3. The molecule has 0 spiro atoms. The minimum absolute atomic E-state index is 0.00828. The summed E-state index contributed by atoms with van der Waals surface area (Å²) in [6.45, 7) is 1.70. The van der Waals surface area contributed by atoms with Crippen molar-refractivity contribution in [1.29, 1.82) is 0 Å². The van der Waals surface area contributed by atoms with Gasteiger partial charge in [-0.15, -0.1) is 0 Å². The number of ether oxygens (including phenoxy) is 1. The number of sulfonamides is 1. The fourth-order valence-corrected chi connectivity index (χ4v) is 3.05. The minimum Gasteiger partial charge on any atom is -0.383 e. The Balaban J connectivity index is 2.87. The van der Waals surface area contributed by atoms with E-state index in [2.05, 4.69) is 4.72 Å². The molecule has 0 aliphatic rings. The van der Waals surface area contributed by atoms with Gasteiger partial charge < -0.3 is 9.64 Å². The van der Waals surface area contributed by atoms with Gasteiger partial charge >= 0.3 is 0 Å². The molecular weight excluding hydrogens is 342 g/mol. The highest BCUT2D eigenvalue weighted by molar-refractivity contribution is 7.89. The molecule has 0 bridgehead atoms. The molecule has 1 aromatic carbocycles. The van der Waals surface area contributed by atoms with Gasteiger partial charge in [0.1, 0.15) is 0 Å². The zero-order chi connectivity index (χ0) is 18.2. The summed E-state index contributed by atoms with van der Waals surface area (Å²) in [6, 6.07) is 5.19. The van der Waals surface area contributed by atoms with Gasteiger partial charge in [0.15, 0.2) is 0 Å². The van der Waals surface area contributed by atoms with Crippen LogP contribution in [0.3, 0.4) is 0 Å². The first-order valence-electron chi connectivity index (χ1n) is 7.48. The van der Waals surface area contributed by atoms with E-state index in [1.54, 1.807) is 6.92 Å². The lowest BCUT2D eigenvalue weighted by molar-refractivity contribution is 0.0555. The van der Waals surface area contributed by atoms with Crippen molar-refractivity contribution in [3.63, 3.8) is 0 Å². The highest BCUT2D eigenvalue weighted by atomic mass is 32.2. The van der Waals surface area contributed by atoms with Crippen LogP contribution in [0.25, 0.3) is 0 Å². The van der Waals surface area contributed by atoms with Crippen molar-refractivity contribution in [2.24, 2.45) is 0 Å². The third-order valence-electron chi connectivity index (χ3n) is 3.15. The highest BCUT2D eigenvalue weighted by Crippen LogP contribution is 2.13. The number of rotatable bonds is 10. The van der Waals surface area contributed by atoms with Crippen LogP contribution in [0, 0.1) is 0 Å². The zero-order valence-corrected chi connectivity index (χ0v) is 14.5. The van der Waals surface area contributed by atoms with Gasteiger partial charge in [-0.1, -0.05) is 6.92 Å². The maximum absolute atomic E-state index is 12.6. The molecule has 0 aliphatic heterocycles. The highest BCUT2D eigenvalue weighted by Gasteiger charge is 2.20. The second-order valence-corrected chi connectivity index (χ2v) is 6.82. The number of benzene rings is 1. The van der Waals surface area contributed by atoms with Crippen LogP contribution < -0.4 is 4.72 Å². The number of carbonyl (C=O) groups excluding carboxylic acids is 1. The van der Waals surface area contributed by atoms with Gasteiger partial charge in [-0.2, -0.15) is 0 Å². The van der Waals surface area contributed by atoms with Crippen molar-refractivity contribution in [1.82, 2.24) is 9.62 Å². The topological polar surface area (TPSA) is 75.7 Å². The van der Waals surface area contributed by atoms with E-state index in [0.29, 0.717) is 6.42 Å².